The summed E-state index contributed by atoms with van der Waals surface area (Å²) in [4.78, 5) is 21.2. The molecule has 0 spiro atoms. The molecule has 1 heterocycles. The molecule has 31 heavy (non-hydrogen) atoms. The van der Waals surface area contributed by atoms with Crippen molar-refractivity contribution in [1.82, 2.24) is 20.9 Å². The number of aryl methyl sites for hydroxylation is 1. The normalized spacial score (nSPS) is 11.3. The second kappa shape index (κ2) is 11.2. The molecule has 1 amide bonds. The molecular weight excluding hydrogens is 414 g/mol. The number of amides is 1. The molecule has 0 atom stereocenters. The summed E-state index contributed by atoms with van der Waals surface area (Å²) in [6.45, 7) is 6.10. The first kappa shape index (κ1) is 22.4. The summed E-state index contributed by atoms with van der Waals surface area (Å²) < 4.78 is 5.58. The summed E-state index contributed by atoms with van der Waals surface area (Å²) in [5.41, 5.74) is 3.43. The Kier molecular flexibility index (Phi) is 8.06. The first-order chi connectivity index (χ1) is 15.0. The largest absolute Gasteiger partial charge is 0.444 e. The van der Waals surface area contributed by atoms with E-state index in [0.29, 0.717) is 42.1 Å². The lowest BCUT2D eigenvalue weighted by atomic mass is 10.1. The number of benzene rings is 2. The van der Waals surface area contributed by atoms with Gasteiger partial charge in [-0.3, -0.25) is 4.79 Å². The minimum Gasteiger partial charge on any atom is -0.444 e. The molecule has 0 fully saturated rings. The van der Waals surface area contributed by atoms with Crippen molar-refractivity contribution in [2.75, 3.05) is 19.6 Å². The number of aromatic nitrogens is 1. The number of rotatable bonds is 8. The molecule has 2 aromatic carbocycles. The molecule has 8 heteroatoms. The van der Waals surface area contributed by atoms with Crippen LogP contribution in [0.25, 0.3) is 11.5 Å². The van der Waals surface area contributed by atoms with Crippen molar-refractivity contribution in [2.24, 2.45) is 4.99 Å². The molecule has 3 N–H and O–H groups in total. The highest BCUT2D eigenvalue weighted by Gasteiger charge is 2.07. The van der Waals surface area contributed by atoms with Crippen molar-refractivity contribution >= 4 is 23.5 Å². The smallest absolute Gasteiger partial charge is 0.251 e. The fraction of sp³-hybridized carbons (Fsp3) is 0.261. The van der Waals surface area contributed by atoms with Gasteiger partial charge in [0.1, 0.15) is 12.0 Å². The Bertz CT molecular complexity index is 1010. The number of hydrogen-bond acceptors (Lipinski definition) is 4. The van der Waals surface area contributed by atoms with Crippen LogP contribution in [0.4, 0.5) is 0 Å². The number of aliphatic imine (C=N–C) groups is 1. The molecule has 0 aliphatic rings. The Hall–Kier alpha value is -3.32. The maximum atomic E-state index is 12.1. The number of nitrogens with one attached hydrogen (secondary N) is 3. The van der Waals surface area contributed by atoms with Gasteiger partial charge in [-0.05, 0) is 50.2 Å². The zero-order valence-electron chi connectivity index (χ0n) is 17.6. The summed E-state index contributed by atoms with van der Waals surface area (Å²) in [6.07, 6.45) is 1.62. The molecule has 162 valence electrons. The highest BCUT2D eigenvalue weighted by Crippen LogP contribution is 2.19. The van der Waals surface area contributed by atoms with Crippen LogP contribution in [0.5, 0.6) is 0 Å². The molecule has 0 radical (unpaired) electrons. The van der Waals surface area contributed by atoms with Gasteiger partial charge >= 0.3 is 0 Å². The van der Waals surface area contributed by atoms with Gasteiger partial charge in [0.15, 0.2) is 5.96 Å². The molecule has 7 nitrogen and oxygen atoms in total. The third-order valence-corrected chi connectivity index (χ3v) is 4.66. The van der Waals surface area contributed by atoms with Crippen LogP contribution >= 0.6 is 11.6 Å². The van der Waals surface area contributed by atoms with Gasteiger partial charge < -0.3 is 20.4 Å². The quantitative estimate of drug-likeness (QED) is 0.282. The van der Waals surface area contributed by atoms with Crippen molar-refractivity contribution in [3.05, 3.63) is 76.6 Å². The molecule has 3 aromatic rings. The number of guanidine groups is 1. The van der Waals surface area contributed by atoms with Crippen molar-refractivity contribution < 1.29 is 9.21 Å². The van der Waals surface area contributed by atoms with E-state index in [1.807, 2.05) is 38.1 Å². The second-order valence-electron chi connectivity index (χ2n) is 6.89. The van der Waals surface area contributed by atoms with Gasteiger partial charge in [-0.1, -0.05) is 29.3 Å². The third kappa shape index (κ3) is 6.86. The van der Waals surface area contributed by atoms with E-state index in [2.05, 4.69) is 25.9 Å². The lowest BCUT2D eigenvalue weighted by Gasteiger charge is -2.11. The highest BCUT2D eigenvalue weighted by molar-refractivity contribution is 6.30. The van der Waals surface area contributed by atoms with Crippen LogP contribution < -0.4 is 16.0 Å². The van der Waals surface area contributed by atoms with E-state index >= 15 is 0 Å². The van der Waals surface area contributed by atoms with Crippen LogP contribution in [-0.4, -0.2) is 36.5 Å². The van der Waals surface area contributed by atoms with E-state index < -0.39 is 0 Å². The maximum absolute atomic E-state index is 12.1. The average molecular weight is 440 g/mol. The molecule has 0 saturated carbocycles. The van der Waals surface area contributed by atoms with Crippen molar-refractivity contribution in [1.29, 1.82) is 0 Å². The van der Waals surface area contributed by atoms with Gasteiger partial charge in [0.25, 0.3) is 5.91 Å². The minimum atomic E-state index is -0.147. The molecule has 0 bridgehead atoms. The van der Waals surface area contributed by atoms with E-state index in [-0.39, 0.29) is 5.91 Å². The standard InChI is InChI=1S/C23H26ClN5O2/c1-3-25-23(27-13-12-26-21(30)17-8-10-19(24)11-9-17)28-14-20-15-31-22(29-20)18-6-4-16(2)5-7-18/h4-11,15H,3,12-14H2,1-2H3,(H,26,30)(H2,25,27,28). The number of carbonyl (C=O) groups excluding carboxylic acids is 1. The average Bonchev–Trinajstić information content (AvgIpc) is 3.25. The maximum Gasteiger partial charge on any atom is 0.251 e. The fourth-order valence-electron chi connectivity index (χ4n) is 2.77. The summed E-state index contributed by atoms with van der Waals surface area (Å²) >= 11 is 5.85. The van der Waals surface area contributed by atoms with Crippen LogP contribution in [0, 0.1) is 6.92 Å². The SMILES string of the molecule is CCNC(=NCc1coc(-c2ccc(C)cc2)n1)NCCNC(=O)c1ccc(Cl)cc1. The topological polar surface area (TPSA) is 91.6 Å². The highest BCUT2D eigenvalue weighted by atomic mass is 35.5. The van der Waals surface area contributed by atoms with E-state index in [1.54, 1.807) is 30.5 Å². The number of oxazole rings is 1. The van der Waals surface area contributed by atoms with Crippen LogP contribution in [0.15, 0.2) is 64.2 Å². The minimum absolute atomic E-state index is 0.147. The summed E-state index contributed by atoms with van der Waals surface area (Å²) in [7, 11) is 0. The zero-order chi connectivity index (χ0) is 22.1. The number of halogens is 1. The molecule has 0 aliphatic heterocycles. The van der Waals surface area contributed by atoms with Gasteiger partial charge in [0.05, 0.1) is 6.54 Å². The van der Waals surface area contributed by atoms with Crippen molar-refractivity contribution in [2.45, 2.75) is 20.4 Å². The lowest BCUT2D eigenvalue weighted by Crippen LogP contribution is -2.41. The summed E-state index contributed by atoms with van der Waals surface area (Å²) in [5, 5.41) is 9.83. The van der Waals surface area contributed by atoms with Crippen molar-refractivity contribution in [3.8, 4) is 11.5 Å². The van der Waals surface area contributed by atoms with Gasteiger partial charge in [-0.25, -0.2) is 9.98 Å². The zero-order valence-corrected chi connectivity index (χ0v) is 18.4. The van der Waals surface area contributed by atoms with Gasteiger partial charge in [0, 0.05) is 35.8 Å². The monoisotopic (exact) mass is 439 g/mol. The number of hydrogen-bond donors (Lipinski definition) is 3. The van der Waals surface area contributed by atoms with Crippen molar-refractivity contribution in [3.63, 3.8) is 0 Å². The summed E-state index contributed by atoms with van der Waals surface area (Å²) in [5.74, 6) is 1.07. The molecule has 1 aromatic heterocycles. The predicted molar refractivity (Wildman–Crippen MR) is 123 cm³/mol. The first-order valence-corrected chi connectivity index (χ1v) is 10.5. The van der Waals surface area contributed by atoms with Crippen LogP contribution in [0.3, 0.4) is 0 Å². The molecule has 0 saturated heterocycles. The molecule has 0 unspecified atom stereocenters. The van der Waals surface area contributed by atoms with E-state index in [4.69, 9.17) is 16.0 Å². The Balaban J connectivity index is 1.49. The van der Waals surface area contributed by atoms with Crippen LogP contribution in [0.1, 0.15) is 28.5 Å². The molecule has 0 aliphatic carbocycles. The Morgan fingerprint density at radius 2 is 1.74 bits per heavy atom. The van der Waals surface area contributed by atoms with E-state index in [9.17, 15) is 4.79 Å². The fourth-order valence-corrected chi connectivity index (χ4v) is 2.90. The van der Waals surface area contributed by atoms with Crippen LogP contribution in [0.2, 0.25) is 5.02 Å². The van der Waals surface area contributed by atoms with Gasteiger partial charge in [-0.2, -0.15) is 0 Å². The van der Waals surface area contributed by atoms with Gasteiger partial charge in [0.2, 0.25) is 5.89 Å². The Morgan fingerprint density at radius 1 is 1.03 bits per heavy atom. The Labute approximate surface area is 186 Å². The van der Waals surface area contributed by atoms with Crippen LogP contribution in [-0.2, 0) is 6.54 Å². The number of carbonyl (C=O) groups is 1. The lowest BCUT2D eigenvalue weighted by molar-refractivity contribution is 0.0954. The predicted octanol–water partition coefficient (Wildman–Crippen LogP) is 3.79. The molecular formula is C23H26ClN5O2. The van der Waals surface area contributed by atoms with E-state index in [1.165, 1.54) is 5.56 Å². The number of nitrogens with zero attached hydrogens (tertiary/aromatic N) is 2. The van der Waals surface area contributed by atoms with Gasteiger partial charge in [-0.15, -0.1) is 0 Å². The summed E-state index contributed by atoms with van der Waals surface area (Å²) in [6, 6.07) is 14.8. The Morgan fingerprint density at radius 3 is 2.45 bits per heavy atom. The third-order valence-electron chi connectivity index (χ3n) is 4.40. The first-order valence-electron chi connectivity index (χ1n) is 10.1. The second-order valence-corrected chi connectivity index (χ2v) is 7.33. The van der Waals surface area contributed by atoms with E-state index in [0.717, 1.165) is 17.8 Å². The molecule has 3 rings (SSSR count).